The minimum atomic E-state index is 0. The van der Waals surface area contributed by atoms with Gasteiger partial charge in [-0.3, -0.25) is 9.78 Å². The van der Waals surface area contributed by atoms with Gasteiger partial charge in [-0.1, -0.05) is 6.07 Å². The van der Waals surface area contributed by atoms with Crippen LogP contribution in [-0.4, -0.2) is 27.3 Å². The molecular formula is C15H14ClN3O2. The van der Waals surface area contributed by atoms with Crippen LogP contribution in [0.4, 0.5) is 0 Å². The van der Waals surface area contributed by atoms with Crippen molar-refractivity contribution < 1.29 is 9.53 Å². The summed E-state index contributed by atoms with van der Waals surface area (Å²) in [7, 11) is 1.58. The molecule has 3 rings (SSSR count). The number of rotatable bonds is 3. The van der Waals surface area contributed by atoms with E-state index >= 15 is 0 Å². The minimum absolute atomic E-state index is 0. The van der Waals surface area contributed by atoms with E-state index in [2.05, 4.69) is 9.97 Å². The molecule has 0 aliphatic carbocycles. The van der Waals surface area contributed by atoms with Gasteiger partial charge < -0.3 is 9.14 Å². The van der Waals surface area contributed by atoms with E-state index in [1.165, 1.54) is 6.92 Å². The highest BCUT2D eigenvalue weighted by Gasteiger charge is 2.12. The lowest BCUT2D eigenvalue weighted by Crippen LogP contribution is -1.95. The molecule has 0 spiro atoms. The molecule has 0 aliphatic rings. The summed E-state index contributed by atoms with van der Waals surface area (Å²) in [5.41, 5.74) is 3.02. The normalized spacial score (nSPS) is 10.2. The lowest BCUT2D eigenvalue weighted by molar-refractivity contribution is 0.101. The lowest BCUT2D eigenvalue weighted by Gasteiger charge is -2.07. The number of imidazole rings is 1. The summed E-state index contributed by atoms with van der Waals surface area (Å²) < 4.78 is 7.26. The van der Waals surface area contributed by atoms with Gasteiger partial charge in [0.25, 0.3) is 0 Å². The highest BCUT2D eigenvalue weighted by atomic mass is 35.5. The van der Waals surface area contributed by atoms with Gasteiger partial charge in [-0.2, -0.15) is 0 Å². The largest absolute Gasteiger partial charge is 0.496 e. The van der Waals surface area contributed by atoms with Gasteiger partial charge >= 0.3 is 0 Å². The molecule has 5 nitrogen and oxygen atoms in total. The molecule has 0 N–H and O–H groups in total. The Bertz CT molecular complexity index is 765. The van der Waals surface area contributed by atoms with E-state index in [9.17, 15) is 4.79 Å². The van der Waals surface area contributed by atoms with Crippen LogP contribution in [0.3, 0.4) is 0 Å². The highest BCUT2D eigenvalue weighted by Crippen LogP contribution is 2.30. The van der Waals surface area contributed by atoms with Crippen LogP contribution in [-0.2, 0) is 0 Å². The third-order valence-corrected chi connectivity index (χ3v) is 3.15. The van der Waals surface area contributed by atoms with E-state index < -0.39 is 0 Å². The summed E-state index contributed by atoms with van der Waals surface area (Å²) in [6.07, 6.45) is 7.14. The predicted molar refractivity (Wildman–Crippen MR) is 82.2 cm³/mol. The first kappa shape index (κ1) is 15.0. The van der Waals surface area contributed by atoms with Crippen LogP contribution in [0.25, 0.3) is 16.9 Å². The van der Waals surface area contributed by atoms with Gasteiger partial charge in [0, 0.05) is 29.7 Å². The van der Waals surface area contributed by atoms with Crippen molar-refractivity contribution >= 4 is 23.8 Å². The van der Waals surface area contributed by atoms with Gasteiger partial charge in [0.1, 0.15) is 5.75 Å². The van der Waals surface area contributed by atoms with E-state index in [1.807, 2.05) is 22.9 Å². The van der Waals surface area contributed by atoms with Gasteiger partial charge in [-0.05, 0) is 19.1 Å². The number of aromatic nitrogens is 3. The van der Waals surface area contributed by atoms with Gasteiger partial charge in [-0.25, -0.2) is 4.98 Å². The van der Waals surface area contributed by atoms with Crippen LogP contribution in [0.2, 0.25) is 0 Å². The summed E-state index contributed by atoms with van der Waals surface area (Å²) in [4.78, 5) is 20.0. The number of methoxy groups -OCH3 is 1. The maximum atomic E-state index is 11.4. The molecule has 1 aromatic carbocycles. The second kappa shape index (κ2) is 5.93. The number of ether oxygens (including phenoxy) is 1. The van der Waals surface area contributed by atoms with E-state index in [-0.39, 0.29) is 18.2 Å². The van der Waals surface area contributed by atoms with E-state index in [0.717, 1.165) is 16.9 Å². The number of halogens is 1. The summed E-state index contributed by atoms with van der Waals surface area (Å²) in [6.45, 7) is 1.53. The average Bonchev–Trinajstić information content (AvgIpc) is 2.90. The molecule has 0 bridgehead atoms. The Morgan fingerprint density at radius 3 is 2.81 bits per heavy atom. The number of Topliss-reactive ketones (excluding diaryl/α,β-unsaturated/α-hetero) is 1. The minimum Gasteiger partial charge on any atom is -0.496 e. The number of carbonyl (C=O) groups is 1. The van der Waals surface area contributed by atoms with Crippen molar-refractivity contribution in [2.75, 3.05) is 7.11 Å². The smallest absolute Gasteiger partial charge is 0.159 e. The Morgan fingerprint density at radius 2 is 2.14 bits per heavy atom. The molecule has 6 heteroatoms. The SMILES string of the molecule is COc1cc(C(C)=O)ccc1-c1cn2ccncc2n1.Cl. The van der Waals surface area contributed by atoms with Crippen molar-refractivity contribution in [3.63, 3.8) is 0 Å². The molecule has 0 atom stereocenters. The van der Waals surface area contributed by atoms with Crippen LogP contribution in [0.15, 0.2) is 43.0 Å². The second-order valence-corrected chi connectivity index (χ2v) is 4.44. The van der Waals surface area contributed by atoms with Crippen molar-refractivity contribution in [1.29, 1.82) is 0 Å². The Kier molecular flexibility index (Phi) is 4.23. The molecule has 0 aliphatic heterocycles. The zero-order chi connectivity index (χ0) is 14.1. The topological polar surface area (TPSA) is 56.5 Å². The highest BCUT2D eigenvalue weighted by molar-refractivity contribution is 5.95. The molecular weight excluding hydrogens is 290 g/mol. The number of fused-ring (bicyclic) bond motifs is 1. The Hall–Kier alpha value is -2.40. The molecule has 21 heavy (non-hydrogen) atoms. The van der Waals surface area contributed by atoms with Crippen LogP contribution in [0.1, 0.15) is 17.3 Å². The van der Waals surface area contributed by atoms with E-state index in [0.29, 0.717) is 11.3 Å². The van der Waals surface area contributed by atoms with Gasteiger partial charge in [0.2, 0.25) is 0 Å². The standard InChI is InChI=1S/C15H13N3O2.ClH/c1-10(19)11-3-4-12(14(7-11)20-2)13-9-18-6-5-16-8-15(18)17-13;/h3-9H,1-2H3;1H. The molecule has 0 fully saturated rings. The first-order valence-electron chi connectivity index (χ1n) is 6.17. The van der Waals surface area contributed by atoms with Gasteiger partial charge in [0.05, 0.1) is 19.0 Å². The second-order valence-electron chi connectivity index (χ2n) is 4.44. The van der Waals surface area contributed by atoms with E-state index in [4.69, 9.17) is 4.74 Å². The van der Waals surface area contributed by atoms with E-state index in [1.54, 1.807) is 31.6 Å². The van der Waals surface area contributed by atoms with Crippen LogP contribution >= 0.6 is 12.4 Å². The molecule has 2 aromatic heterocycles. The first-order valence-corrected chi connectivity index (χ1v) is 6.17. The number of hydrogen-bond acceptors (Lipinski definition) is 4. The molecule has 0 saturated carbocycles. The summed E-state index contributed by atoms with van der Waals surface area (Å²) in [5, 5.41) is 0. The third kappa shape index (κ3) is 2.73. The molecule has 0 unspecified atom stereocenters. The third-order valence-electron chi connectivity index (χ3n) is 3.15. The lowest BCUT2D eigenvalue weighted by atomic mass is 10.1. The van der Waals surface area contributed by atoms with Gasteiger partial charge in [0.15, 0.2) is 11.4 Å². The molecule has 2 heterocycles. The number of ketones is 1. The number of carbonyl (C=O) groups excluding carboxylic acids is 1. The number of nitrogens with zero attached hydrogens (tertiary/aromatic N) is 3. The van der Waals surface area contributed by atoms with Crippen molar-refractivity contribution in [3.8, 4) is 17.0 Å². The van der Waals surface area contributed by atoms with Crippen molar-refractivity contribution in [2.24, 2.45) is 0 Å². The Morgan fingerprint density at radius 1 is 1.33 bits per heavy atom. The van der Waals surface area contributed by atoms with Gasteiger partial charge in [-0.15, -0.1) is 12.4 Å². The maximum Gasteiger partial charge on any atom is 0.159 e. The van der Waals surface area contributed by atoms with Crippen molar-refractivity contribution in [2.45, 2.75) is 6.92 Å². The summed E-state index contributed by atoms with van der Waals surface area (Å²) in [6, 6.07) is 5.37. The fourth-order valence-corrected chi connectivity index (χ4v) is 2.09. The first-order chi connectivity index (χ1) is 9.69. The predicted octanol–water partition coefficient (Wildman–Crippen LogP) is 3.03. The fourth-order valence-electron chi connectivity index (χ4n) is 2.09. The number of hydrogen-bond donors (Lipinski definition) is 0. The monoisotopic (exact) mass is 303 g/mol. The molecule has 0 saturated heterocycles. The summed E-state index contributed by atoms with van der Waals surface area (Å²) >= 11 is 0. The van der Waals surface area contributed by atoms with Crippen molar-refractivity contribution in [1.82, 2.24) is 14.4 Å². The number of benzene rings is 1. The average molecular weight is 304 g/mol. The van der Waals surface area contributed by atoms with Crippen LogP contribution < -0.4 is 4.74 Å². The quantitative estimate of drug-likeness (QED) is 0.698. The molecule has 0 radical (unpaired) electrons. The van der Waals surface area contributed by atoms with Crippen LogP contribution in [0.5, 0.6) is 5.75 Å². The van der Waals surface area contributed by atoms with Crippen molar-refractivity contribution in [3.05, 3.63) is 48.5 Å². The maximum absolute atomic E-state index is 11.4. The Labute approximate surface area is 128 Å². The van der Waals surface area contributed by atoms with Crippen LogP contribution in [0, 0.1) is 0 Å². The molecule has 3 aromatic rings. The molecule has 0 amide bonds. The molecule has 108 valence electrons. The summed E-state index contributed by atoms with van der Waals surface area (Å²) in [5.74, 6) is 0.642. The zero-order valence-electron chi connectivity index (χ0n) is 11.6. The zero-order valence-corrected chi connectivity index (χ0v) is 12.4. The fraction of sp³-hybridized carbons (Fsp3) is 0.133. The Balaban J connectivity index is 0.00000161.